The lowest BCUT2D eigenvalue weighted by Crippen LogP contribution is -2.04. The minimum atomic E-state index is 0.275. The summed E-state index contributed by atoms with van der Waals surface area (Å²) in [5.74, 6) is 0.909. The maximum absolute atomic E-state index is 5.45. The molecule has 118 valence electrons. The van der Waals surface area contributed by atoms with Crippen LogP contribution in [0.1, 0.15) is 27.5 Å². The molecule has 1 nitrogen and oxygen atoms in total. The minimum Gasteiger partial charge on any atom is -0.497 e. The van der Waals surface area contributed by atoms with Gasteiger partial charge in [-0.1, -0.05) is 66.7 Å². The first kappa shape index (κ1) is 15.1. The molecule has 0 saturated carbocycles. The van der Waals surface area contributed by atoms with Gasteiger partial charge in [-0.25, -0.2) is 0 Å². The van der Waals surface area contributed by atoms with E-state index in [4.69, 9.17) is 4.74 Å². The molecule has 2 heteroatoms. The molecule has 24 heavy (non-hydrogen) atoms. The van der Waals surface area contributed by atoms with Gasteiger partial charge in [0.1, 0.15) is 5.75 Å². The molecule has 0 fully saturated rings. The summed E-state index contributed by atoms with van der Waals surface area (Å²) in [7, 11) is 1.72. The Hall–Kier alpha value is -2.45. The van der Waals surface area contributed by atoms with Gasteiger partial charge in [-0.15, -0.1) is 11.8 Å². The summed E-state index contributed by atoms with van der Waals surface area (Å²) in [6, 6.07) is 27.7. The van der Waals surface area contributed by atoms with Gasteiger partial charge in [0, 0.05) is 4.91 Å². The molecular weight excluding hydrogens is 312 g/mol. The van der Waals surface area contributed by atoms with Crippen molar-refractivity contribution in [2.45, 2.75) is 5.25 Å². The zero-order valence-corrected chi connectivity index (χ0v) is 14.3. The highest BCUT2D eigenvalue weighted by atomic mass is 32.2. The van der Waals surface area contributed by atoms with Crippen LogP contribution in [0, 0.1) is 0 Å². The first-order valence-corrected chi connectivity index (χ1v) is 8.90. The van der Waals surface area contributed by atoms with Crippen molar-refractivity contribution in [3.63, 3.8) is 0 Å². The molecule has 0 N–H and O–H groups in total. The fourth-order valence-corrected chi connectivity index (χ4v) is 4.38. The van der Waals surface area contributed by atoms with E-state index < -0.39 is 0 Å². The van der Waals surface area contributed by atoms with Crippen LogP contribution in [0.5, 0.6) is 5.75 Å². The Bertz CT molecular complexity index is 869. The van der Waals surface area contributed by atoms with E-state index in [2.05, 4.69) is 78.9 Å². The Kier molecular flexibility index (Phi) is 4.14. The van der Waals surface area contributed by atoms with E-state index in [9.17, 15) is 0 Å². The lowest BCUT2D eigenvalue weighted by Gasteiger charge is -2.26. The van der Waals surface area contributed by atoms with Crippen molar-refractivity contribution < 1.29 is 4.74 Å². The van der Waals surface area contributed by atoms with Crippen LogP contribution in [0.15, 0.2) is 78.9 Å². The molecule has 1 atom stereocenters. The largest absolute Gasteiger partial charge is 0.497 e. The second kappa shape index (κ2) is 6.58. The molecule has 0 saturated heterocycles. The highest BCUT2D eigenvalue weighted by Gasteiger charge is 2.24. The maximum atomic E-state index is 5.45. The smallest absolute Gasteiger partial charge is 0.119 e. The Labute approximate surface area is 147 Å². The number of rotatable bonds is 3. The molecule has 0 unspecified atom stereocenters. The maximum Gasteiger partial charge on any atom is 0.119 e. The van der Waals surface area contributed by atoms with Crippen LogP contribution in [0.2, 0.25) is 0 Å². The molecule has 0 bridgehead atoms. The van der Waals surface area contributed by atoms with Crippen molar-refractivity contribution in [1.29, 1.82) is 0 Å². The first-order chi connectivity index (χ1) is 11.8. The highest BCUT2D eigenvalue weighted by molar-refractivity contribution is 8.09. The first-order valence-electron chi connectivity index (χ1n) is 8.02. The van der Waals surface area contributed by atoms with Crippen molar-refractivity contribution in [3.05, 3.63) is 101 Å². The van der Waals surface area contributed by atoms with E-state index in [1.165, 1.54) is 27.2 Å². The van der Waals surface area contributed by atoms with E-state index in [1.807, 2.05) is 17.8 Å². The normalized spacial score (nSPS) is 16.2. The molecule has 3 aromatic carbocycles. The monoisotopic (exact) mass is 330 g/mol. The molecule has 3 aromatic rings. The quantitative estimate of drug-likeness (QED) is 0.580. The third-order valence-corrected chi connectivity index (χ3v) is 5.64. The van der Waals surface area contributed by atoms with Crippen LogP contribution in [-0.4, -0.2) is 7.11 Å². The summed E-state index contributed by atoms with van der Waals surface area (Å²) in [5, 5.41) is 0.275. The number of hydrogen-bond acceptors (Lipinski definition) is 2. The summed E-state index contributed by atoms with van der Waals surface area (Å²) in [6.07, 6.45) is 2.29. The average molecular weight is 330 g/mol. The molecule has 1 aliphatic heterocycles. The topological polar surface area (TPSA) is 9.23 Å². The van der Waals surface area contributed by atoms with Crippen LogP contribution < -0.4 is 4.74 Å². The Morgan fingerprint density at radius 3 is 2.25 bits per heavy atom. The molecule has 4 rings (SSSR count). The molecule has 0 amide bonds. The molecular formula is C22H18OS. The van der Waals surface area contributed by atoms with Crippen molar-refractivity contribution in [2.75, 3.05) is 7.11 Å². The Morgan fingerprint density at radius 1 is 0.833 bits per heavy atom. The van der Waals surface area contributed by atoms with Gasteiger partial charge in [0.25, 0.3) is 0 Å². The van der Waals surface area contributed by atoms with Crippen LogP contribution in [0.3, 0.4) is 0 Å². The average Bonchev–Trinajstić information content (AvgIpc) is 2.68. The number of benzene rings is 3. The number of thioether (sulfide) groups is 1. The van der Waals surface area contributed by atoms with Gasteiger partial charge in [0.2, 0.25) is 0 Å². The standard InChI is InChI=1S/C22H18OS/c1-23-19-13-12-18-14-21(16-8-4-2-5-9-16)24-22(20(18)15-19)17-10-6-3-7-11-17/h2-15,22H,1H3/t22-/m0/s1. The zero-order chi connectivity index (χ0) is 16.4. The van der Waals surface area contributed by atoms with E-state index in [1.54, 1.807) is 7.11 Å². The SMILES string of the molecule is COc1ccc2c(c1)[C@H](c1ccccc1)SC(c1ccccc1)=C2. The van der Waals surface area contributed by atoms with Gasteiger partial charge in [-0.2, -0.15) is 0 Å². The summed E-state index contributed by atoms with van der Waals surface area (Å²) in [4.78, 5) is 1.31. The number of methoxy groups -OCH3 is 1. The van der Waals surface area contributed by atoms with Crippen molar-refractivity contribution in [3.8, 4) is 5.75 Å². The van der Waals surface area contributed by atoms with E-state index >= 15 is 0 Å². The van der Waals surface area contributed by atoms with Crippen molar-refractivity contribution in [1.82, 2.24) is 0 Å². The van der Waals surface area contributed by atoms with Crippen LogP contribution in [0.25, 0.3) is 11.0 Å². The highest BCUT2D eigenvalue weighted by Crippen LogP contribution is 2.50. The second-order valence-electron chi connectivity index (χ2n) is 5.78. The lowest BCUT2D eigenvalue weighted by atomic mass is 9.97. The van der Waals surface area contributed by atoms with Crippen LogP contribution >= 0.6 is 11.8 Å². The minimum absolute atomic E-state index is 0.275. The number of hydrogen-bond donors (Lipinski definition) is 0. The summed E-state index contributed by atoms with van der Waals surface area (Å²) >= 11 is 1.91. The molecule has 0 radical (unpaired) electrons. The molecule has 0 spiro atoms. The summed E-state index contributed by atoms with van der Waals surface area (Å²) in [6.45, 7) is 0. The predicted octanol–water partition coefficient (Wildman–Crippen LogP) is 6.03. The van der Waals surface area contributed by atoms with Crippen LogP contribution in [0.4, 0.5) is 0 Å². The predicted molar refractivity (Wildman–Crippen MR) is 103 cm³/mol. The molecule has 1 heterocycles. The number of fused-ring (bicyclic) bond motifs is 1. The van der Waals surface area contributed by atoms with Gasteiger partial charge in [-0.05, 0) is 40.5 Å². The van der Waals surface area contributed by atoms with Crippen molar-refractivity contribution in [2.24, 2.45) is 0 Å². The fraction of sp³-hybridized carbons (Fsp3) is 0.0909. The van der Waals surface area contributed by atoms with Gasteiger partial charge < -0.3 is 4.74 Å². The third kappa shape index (κ3) is 2.85. The Balaban J connectivity index is 1.85. The molecule has 0 aromatic heterocycles. The van der Waals surface area contributed by atoms with E-state index in [0.717, 1.165) is 5.75 Å². The number of ether oxygens (including phenoxy) is 1. The fourth-order valence-electron chi connectivity index (χ4n) is 3.03. The van der Waals surface area contributed by atoms with Crippen LogP contribution in [-0.2, 0) is 0 Å². The van der Waals surface area contributed by atoms with E-state index in [0.29, 0.717) is 0 Å². The van der Waals surface area contributed by atoms with E-state index in [-0.39, 0.29) is 5.25 Å². The molecule has 1 aliphatic rings. The zero-order valence-electron chi connectivity index (χ0n) is 13.5. The third-order valence-electron chi connectivity index (χ3n) is 4.27. The summed E-state index contributed by atoms with van der Waals surface area (Å²) < 4.78 is 5.45. The Morgan fingerprint density at radius 2 is 1.54 bits per heavy atom. The summed E-state index contributed by atoms with van der Waals surface area (Å²) in [5.41, 5.74) is 5.16. The van der Waals surface area contributed by atoms with Crippen molar-refractivity contribution >= 4 is 22.7 Å². The van der Waals surface area contributed by atoms with Gasteiger partial charge >= 0.3 is 0 Å². The van der Waals surface area contributed by atoms with Gasteiger partial charge in [0.15, 0.2) is 0 Å². The van der Waals surface area contributed by atoms with Gasteiger partial charge in [-0.3, -0.25) is 0 Å². The van der Waals surface area contributed by atoms with Gasteiger partial charge in [0.05, 0.1) is 12.4 Å². The lowest BCUT2D eigenvalue weighted by molar-refractivity contribution is 0.414. The molecule has 0 aliphatic carbocycles. The second-order valence-corrected chi connectivity index (χ2v) is 6.92.